The molecule has 0 aromatic carbocycles. The lowest BCUT2D eigenvalue weighted by Gasteiger charge is -2.23. The van der Waals surface area contributed by atoms with Crippen LogP contribution in [-0.4, -0.2) is 18.9 Å². The fourth-order valence-corrected chi connectivity index (χ4v) is 1.20. The first-order valence-electron chi connectivity index (χ1n) is 5.18. The summed E-state index contributed by atoms with van der Waals surface area (Å²) in [5.41, 5.74) is 0.208. The Kier molecular flexibility index (Phi) is 4.26. The molecule has 0 N–H and O–H groups in total. The van der Waals surface area contributed by atoms with Crippen LogP contribution in [0.4, 0.5) is 0 Å². The lowest BCUT2D eigenvalue weighted by molar-refractivity contribution is -0.00490. The maximum atomic E-state index is 11.9. The average molecular weight is 224 g/mol. The number of methoxy groups -OCH3 is 1. The van der Waals surface area contributed by atoms with Crippen molar-refractivity contribution in [2.45, 2.75) is 26.9 Å². The molecule has 0 saturated carbocycles. The molecule has 89 valence electrons. The van der Waals surface area contributed by atoms with Gasteiger partial charge in [-0.15, -0.1) is 0 Å². The molecule has 0 amide bonds. The van der Waals surface area contributed by atoms with E-state index in [0.717, 1.165) is 0 Å². The van der Waals surface area contributed by atoms with Gasteiger partial charge in [-0.3, -0.25) is 4.98 Å². The van der Waals surface area contributed by atoms with Crippen molar-refractivity contribution in [3.8, 4) is 5.75 Å². The molecule has 0 spiro atoms. The van der Waals surface area contributed by atoms with E-state index in [0.29, 0.717) is 11.4 Å². The second-order valence-corrected chi connectivity index (χ2v) is 4.72. The lowest BCUT2D eigenvalue weighted by atomic mass is 9.87. The molecule has 0 saturated heterocycles. The van der Waals surface area contributed by atoms with Crippen LogP contribution < -0.4 is 4.74 Å². The highest BCUT2D eigenvalue weighted by atomic mass is 16.7. The summed E-state index contributed by atoms with van der Waals surface area (Å²) in [6.45, 7) is 5.89. The summed E-state index contributed by atoms with van der Waals surface area (Å²) in [6, 6.07) is 3.44. The highest BCUT2D eigenvalue weighted by Crippen LogP contribution is 2.32. The summed E-state index contributed by atoms with van der Waals surface area (Å²) in [4.78, 5) is 4.10. The van der Waals surface area contributed by atoms with Crippen LogP contribution in [0, 0.1) is 5.41 Å². The number of hydrogen-bond donors (Lipinski definition) is 0. The zero-order valence-electron chi connectivity index (χ0n) is 10.2. The van der Waals surface area contributed by atoms with Crippen LogP contribution in [0.1, 0.15) is 32.6 Å². The van der Waals surface area contributed by atoms with Gasteiger partial charge in [-0.1, -0.05) is 20.8 Å². The van der Waals surface area contributed by atoms with E-state index in [4.69, 9.17) is 9.47 Å². The van der Waals surface area contributed by atoms with Crippen LogP contribution in [0.25, 0.3) is 0 Å². The Hall–Kier alpha value is -1.13. The minimum Gasteiger partial charge on any atom is -0.466 e. The summed E-state index contributed by atoms with van der Waals surface area (Å²) in [5.74, 6) is 0.603. The molecule has 1 aromatic rings. The van der Waals surface area contributed by atoms with Gasteiger partial charge in [-0.05, 0) is 17.5 Å². The first-order valence-corrected chi connectivity index (χ1v) is 5.18. The number of rotatable bonds is 4. The number of nitrogens with zero attached hydrogens (tertiary/aromatic N) is 1. The predicted molar refractivity (Wildman–Crippen MR) is 59.6 cm³/mol. The third-order valence-electron chi connectivity index (χ3n) is 2.16. The van der Waals surface area contributed by atoms with Crippen molar-refractivity contribution in [3.63, 3.8) is 0 Å². The fourth-order valence-electron chi connectivity index (χ4n) is 1.20. The lowest BCUT2D eigenvalue weighted by Crippen LogP contribution is -2.17. The van der Waals surface area contributed by atoms with Gasteiger partial charge in [-0.2, -0.15) is 0 Å². The Labute approximate surface area is 96.2 Å². The van der Waals surface area contributed by atoms with Crippen LogP contribution in [0.3, 0.4) is 0 Å². The van der Waals surface area contributed by atoms with Crippen molar-refractivity contribution < 1.29 is 14.6 Å². The maximum Gasteiger partial charge on any atom is 0.188 e. The third kappa shape index (κ3) is 3.47. The standard InChI is InChI=1S/C12H18NO3/c1-12(2,3)11(14)10-6-5-9(7-13-10)16-8-15-4/h5-7,11H,8H2,1-4H3. The highest BCUT2D eigenvalue weighted by Gasteiger charge is 2.26. The van der Waals surface area contributed by atoms with Gasteiger partial charge in [0.05, 0.1) is 11.9 Å². The number of ether oxygens (including phenoxy) is 2. The van der Waals surface area contributed by atoms with Crippen LogP contribution in [-0.2, 0) is 9.84 Å². The first-order chi connectivity index (χ1) is 7.45. The molecule has 1 aromatic heterocycles. The van der Waals surface area contributed by atoms with E-state index in [1.54, 1.807) is 25.4 Å². The van der Waals surface area contributed by atoms with Crippen LogP contribution in [0.15, 0.2) is 18.3 Å². The first kappa shape index (κ1) is 12.9. The number of pyridine rings is 1. The largest absolute Gasteiger partial charge is 0.466 e. The molecule has 1 heterocycles. The van der Waals surface area contributed by atoms with Crippen molar-refractivity contribution >= 4 is 0 Å². The van der Waals surface area contributed by atoms with Gasteiger partial charge in [0, 0.05) is 7.11 Å². The molecule has 0 aliphatic carbocycles. The molecule has 0 bridgehead atoms. The molecule has 4 nitrogen and oxygen atoms in total. The molecule has 0 fully saturated rings. The quantitative estimate of drug-likeness (QED) is 0.738. The van der Waals surface area contributed by atoms with Gasteiger partial charge >= 0.3 is 0 Å². The normalized spacial score (nSPS) is 13.6. The van der Waals surface area contributed by atoms with Crippen molar-refractivity contribution in [1.82, 2.24) is 4.98 Å². The fraction of sp³-hybridized carbons (Fsp3) is 0.583. The maximum absolute atomic E-state index is 11.9. The SMILES string of the molecule is COCOc1ccc(C([O])C(C)(C)C)nc1. The molecular weight excluding hydrogens is 206 g/mol. The smallest absolute Gasteiger partial charge is 0.188 e. The van der Waals surface area contributed by atoms with Gasteiger partial charge in [-0.25, -0.2) is 5.11 Å². The Morgan fingerprint density at radius 1 is 1.38 bits per heavy atom. The zero-order valence-corrected chi connectivity index (χ0v) is 10.2. The molecule has 0 aliphatic heterocycles. The summed E-state index contributed by atoms with van der Waals surface area (Å²) in [6.07, 6.45) is 0.717. The van der Waals surface area contributed by atoms with Gasteiger partial charge in [0.15, 0.2) is 6.79 Å². The summed E-state index contributed by atoms with van der Waals surface area (Å²) < 4.78 is 9.95. The van der Waals surface area contributed by atoms with Crippen LogP contribution >= 0.6 is 0 Å². The van der Waals surface area contributed by atoms with E-state index < -0.39 is 6.10 Å². The minimum absolute atomic E-state index is 0.182. The monoisotopic (exact) mass is 224 g/mol. The number of hydrogen-bond acceptors (Lipinski definition) is 3. The predicted octanol–water partition coefficient (Wildman–Crippen LogP) is 2.58. The summed E-state index contributed by atoms with van der Waals surface area (Å²) >= 11 is 0. The van der Waals surface area contributed by atoms with Crippen molar-refractivity contribution in [2.75, 3.05) is 13.9 Å². The molecule has 1 atom stereocenters. The molecule has 0 aliphatic rings. The van der Waals surface area contributed by atoms with Crippen molar-refractivity contribution in [3.05, 3.63) is 24.0 Å². The molecule has 4 heteroatoms. The van der Waals surface area contributed by atoms with Gasteiger partial charge in [0.1, 0.15) is 11.9 Å². The summed E-state index contributed by atoms with van der Waals surface area (Å²) in [7, 11) is 1.55. The Bertz CT molecular complexity index is 316. The van der Waals surface area contributed by atoms with E-state index in [9.17, 15) is 5.11 Å². The van der Waals surface area contributed by atoms with Crippen molar-refractivity contribution in [1.29, 1.82) is 0 Å². The van der Waals surface area contributed by atoms with E-state index in [1.807, 2.05) is 20.8 Å². The third-order valence-corrected chi connectivity index (χ3v) is 2.16. The van der Waals surface area contributed by atoms with E-state index >= 15 is 0 Å². The van der Waals surface area contributed by atoms with Crippen LogP contribution in [0.5, 0.6) is 5.75 Å². The van der Waals surface area contributed by atoms with Gasteiger partial charge in [0.25, 0.3) is 0 Å². The Balaban J connectivity index is 2.71. The Morgan fingerprint density at radius 3 is 2.50 bits per heavy atom. The topological polar surface area (TPSA) is 51.2 Å². The molecule has 16 heavy (non-hydrogen) atoms. The highest BCUT2D eigenvalue weighted by molar-refractivity contribution is 5.21. The van der Waals surface area contributed by atoms with Crippen LogP contribution in [0.2, 0.25) is 0 Å². The van der Waals surface area contributed by atoms with Gasteiger partial charge in [0.2, 0.25) is 0 Å². The van der Waals surface area contributed by atoms with E-state index in [-0.39, 0.29) is 12.2 Å². The summed E-state index contributed by atoms with van der Waals surface area (Å²) in [5, 5.41) is 11.9. The van der Waals surface area contributed by atoms with E-state index in [2.05, 4.69) is 4.98 Å². The zero-order chi connectivity index (χ0) is 12.2. The molecule has 1 unspecified atom stereocenters. The average Bonchev–Trinajstić information content (AvgIpc) is 2.25. The number of aromatic nitrogens is 1. The minimum atomic E-state index is -0.830. The molecular formula is C12H18NO3. The second kappa shape index (κ2) is 5.27. The Morgan fingerprint density at radius 2 is 2.06 bits per heavy atom. The van der Waals surface area contributed by atoms with E-state index in [1.165, 1.54) is 0 Å². The molecule has 1 radical (unpaired) electrons. The van der Waals surface area contributed by atoms with Crippen molar-refractivity contribution in [2.24, 2.45) is 5.41 Å². The molecule has 1 rings (SSSR count). The van der Waals surface area contributed by atoms with Gasteiger partial charge < -0.3 is 9.47 Å². The second-order valence-electron chi connectivity index (χ2n) is 4.72.